The predicted octanol–water partition coefficient (Wildman–Crippen LogP) is 1.95. The number of halogens is 1. The van der Waals surface area contributed by atoms with E-state index in [0.717, 1.165) is 10.6 Å². The van der Waals surface area contributed by atoms with E-state index in [1.165, 1.54) is 23.5 Å². The summed E-state index contributed by atoms with van der Waals surface area (Å²) >= 11 is 1.41. The molecule has 4 nitrogen and oxygen atoms in total. The number of hydrogen-bond acceptors (Lipinski definition) is 4. The number of hydrogen-bond donors (Lipinski definition) is 2. The maximum atomic E-state index is 12.8. The molecular weight excluding hydrogens is 277 g/mol. The van der Waals surface area contributed by atoms with Gasteiger partial charge in [-0.05, 0) is 24.6 Å². The molecule has 3 N–H and O–H groups in total. The summed E-state index contributed by atoms with van der Waals surface area (Å²) in [6.45, 7) is 2.22. The van der Waals surface area contributed by atoms with Crippen molar-refractivity contribution in [1.82, 2.24) is 10.3 Å². The Bertz CT molecular complexity index is 582. The molecule has 0 saturated carbocycles. The van der Waals surface area contributed by atoms with Gasteiger partial charge >= 0.3 is 0 Å². The molecule has 106 valence electrons. The van der Waals surface area contributed by atoms with Crippen LogP contribution < -0.4 is 11.1 Å². The van der Waals surface area contributed by atoms with Crippen LogP contribution in [0.2, 0.25) is 0 Å². The molecule has 1 aromatic heterocycles. The summed E-state index contributed by atoms with van der Waals surface area (Å²) in [6.07, 6.45) is 0.588. The van der Waals surface area contributed by atoms with Gasteiger partial charge in [0.1, 0.15) is 11.5 Å². The molecule has 0 unspecified atom stereocenters. The Morgan fingerprint density at radius 2 is 2.15 bits per heavy atom. The highest BCUT2D eigenvalue weighted by Crippen LogP contribution is 2.15. The number of carbonyl (C=O) groups excluding carboxylic acids is 1. The van der Waals surface area contributed by atoms with Crippen molar-refractivity contribution in [2.24, 2.45) is 5.73 Å². The van der Waals surface area contributed by atoms with Crippen LogP contribution in [0.15, 0.2) is 29.6 Å². The third-order valence-corrected chi connectivity index (χ3v) is 3.63. The summed E-state index contributed by atoms with van der Waals surface area (Å²) in [4.78, 5) is 16.1. The Morgan fingerprint density at radius 1 is 1.45 bits per heavy atom. The average Bonchev–Trinajstić information content (AvgIpc) is 2.90. The number of aromatic nitrogens is 1. The van der Waals surface area contributed by atoms with Crippen LogP contribution >= 0.6 is 11.3 Å². The smallest absolute Gasteiger partial charge is 0.271 e. The minimum Gasteiger partial charge on any atom is -0.347 e. The maximum absolute atomic E-state index is 12.8. The molecule has 0 saturated heterocycles. The van der Waals surface area contributed by atoms with E-state index in [-0.39, 0.29) is 17.8 Å². The number of nitrogens with zero attached hydrogens (tertiary/aromatic N) is 1. The average molecular weight is 293 g/mol. The number of nitrogens with one attached hydrogen (secondary N) is 1. The van der Waals surface area contributed by atoms with Crippen molar-refractivity contribution in [3.63, 3.8) is 0 Å². The fourth-order valence-corrected chi connectivity index (χ4v) is 2.44. The van der Waals surface area contributed by atoms with E-state index in [1.54, 1.807) is 17.5 Å². The first-order chi connectivity index (χ1) is 9.58. The van der Waals surface area contributed by atoms with E-state index in [9.17, 15) is 9.18 Å². The molecule has 1 amide bonds. The van der Waals surface area contributed by atoms with E-state index in [0.29, 0.717) is 18.7 Å². The Hall–Kier alpha value is -1.79. The van der Waals surface area contributed by atoms with Crippen molar-refractivity contribution in [3.8, 4) is 0 Å². The molecule has 0 aliphatic rings. The standard InChI is InChI=1S/C14H16FN3OS/c1-9(7-16)17-14(19)12-8-20-13(18-12)6-10-2-4-11(15)5-3-10/h2-5,8-9H,6-7,16H2,1H3,(H,17,19)/t9-/m0/s1. The number of benzene rings is 1. The third kappa shape index (κ3) is 3.85. The number of thiazole rings is 1. The minimum atomic E-state index is -0.260. The van der Waals surface area contributed by atoms with Gasteiger partial charge in [0, 0.05) is 24.4 Å². The number of amides is 1. The van der Waals surface area contributed by atoms with Crippen molar-refractivity contribution < 1.29 is 9.18 Å². The van der Waals surface area contributed by atoms with Gasteiger partial charge in [0.25, 0.3) is 5.91 Å². The van der Waals surface area contributed by atoms with Gasteiger partial charge in [-0.2, -0.15) is 0 Å². The molecule has 1 heterocycles. The van der Waals surface area contributed by atoms with Crippen molar-refractivity contribution in [2.45, 2.75) is 19.4 Å². The molecule has 6 heteroatoms. The molecule has 0 bridgehead atoms. The number of carbonyl (C=O) groups is 1. The molecule has 1 atom stereocenters. The maximum Gasteiger partial charge on any atom is 0.271 e. The molecular formula is C14H16FN3OS. The van der Waals surface area contributed by atoms with Gasteiger partial charge in [0.15, 0.2) is 0 Å². The highest BCUT2D eigenvalue weighted by molar-refractivity contribution is 7.09. The Labute approximate surface area is 120 Å². The van der Waals surface area contributed by atoms with Crippen molar-refractivity contribution in [3.05, 3.63) is 51.7 Å². The van der Waals surface area contributed by atoms with Gasteiger partial charge in [0.05, 0.1) is 5.01 Å². The van der Waals surface area contributed by atoms with Crippen LogP contribution in [0.4, 0.5) is 4.39 Å². The molecule has 0 fully saturated rings. The van der Waals surface area contributed by atoms with E-state index in [2.05, 4.69) is 10.3 Å². The van der Waals surface area contributed by atoms with Gasteiger partial charge in [0.2, 0.25) is 0 Å². The molecule has 20 heavy (non-hydrogen) atoms. The highest BCUT2D eigenvalue weighted by atomic mass is 32.1. The van der Waals surface area contributed by atoms with Crippen LogP contribution in [0.1, 0.15) is 28.0 Å². The normalized spacial score (nSPS) is 12.2. The summed E-state index contributed by atoms with van der Waals surface area (Å²) in [5.41, 5.74) is 6.81. The third-order valence-electron chi connectivity index (χ3n) is 2.78. The second-order valence-corrected chi connectivity index (χ2v) is 5.48. The summed E-state index contributed by atoms with van der Waals surface area (Å²) in [7, 11) is 0. The first-order valence-corrected chi connectivity index (χ1v) is 7.16. The van der Waals surface area contributed by atoms with E-state index in [1.807, 2.05) is 6.92 Å². The van der Waals surface area contributed by atoms with Crippen LogP contribution in [-0.4, -0.2) is 23.5 Å². The summed E-state index contributed by atoms with van der Waals surface area (Å²) in [6, 6.07) is 6.18. The van der Waals surface area contributed by atoms with Crippen LogP contribution in [0.5, 0.6) is 0 Å². The van der Waals surface area contributed by atoms with E-state index < -0.39 is 0 Å². The lowest BCUT2D eigenvalue weighted by atomic mass is 10.1. The Balaban J connectivity index is 2.01. The summed E-state index contributed by atoms with van der Waals surface area (Å²) in [5, 5.41) is 5.30. The van der Waals surface area contributed by atoms with E-state index in [4.69, 9.17) is 5.73 Å². The monoisotopic (exact) mass is 293 g/mol. The lowest BCUT2D eigenvalue weighted by Gasteiger charge is -2.09. The largest absolute Gasteiger partial charge is 0.347 e. The van der Waals surface area contributed by atoms with Crippen molar-refractivity contribution in [2.75, 3.05) is 6.54 Å². The zero-order valence-corrected chi connectivity index (χ0v) is 11.9. The fourth-order valence-electron chi connectivity index (χ4n) is 1.63. The van der Waals surface area contributed by atoms with Crippen LogP contribution in [0.3, 0.4) is 0 Å². The van der Waals surface area contributed by atoms with Crippen LogP contribution in [0, 0.1) is 5.82 Å². The van der Waals surface area contributed by atoms with Gasteiger partial charge in [-0.15, -0.1) is 11.3 Å². The molecule has 2 rings (SSSR count). The van der Waals surface area contributed by atoms with Gasteiger partial charge in [-0.25, -0.2) is 9.37 Å². The van der Waals surface area contributed by atoms with Crippen molar-refractivity contribution in [1.29, 1.82) is 0 Å². The second kappa shape index (κ2) is 6.58. The van der Waals surface area contributed by atoms with Crippen molar-refractivity contribution >= 4 is 17.2 Å². The summed E-state index contributed by atoms with van der Waals surface area (Å²) < 4.78 is 12.8. The van der Waals surface area contributed by atoms with E-state index >= 15 is 0 Å². The number of nitrogens with two attached hydrogens (primary N) is 1. The topological polar surface area (TPSA) is 68.0 Å². The second-order valence-electron chi connectivity index (χ2n) is 4.54. The van der Waals surface area contributed by atoms with Crippen LogP contribution in [0.25, 0.3) is 0 Å². The predicted molar refractivity (Wildman–Crippen MR) is 77.3 cm³/mol. The first-order valence-electron chi connectivity index (χ1n) is 6.28. The molecule has 0 aliphatic heterocycles. The number of rotatable bonds is 5. The van der Waals surface area contributed by atoms with Gasteiger partial charge < -0.3 is 11.1 Å². The minimum absolute atomic E-state index is 0.0789. The Morgan fingerprint density at radius 3 is 2.80 bits per heavy atom. The lowest BCUT2D eigenvalue weighted by Crippen LogP contribution is -2.37. The summed E-state index contributed by atoms with van der Waals surface area (Å²) in [5.74, 6) is -0.478. The Kier molecular flexibility index (Phi) is 4.81. The zero-order valence-electron chi connectivity index (χ0n) is 11.1. The highest BCUT2D eigenvalue weighted by Gasteiger charge is 2.12. The van der Waals surface area contributed by atoms with Crippen LogP contribution in [-0.2, 0) is 6.42 Å². The first kappa shape index (κ1) is 14.6. The quantitative estimate of drug-likeness (QED) is 0.885. The zero-order chi connectivity index (χ0) is 14.5. The molecule has 2 aromatic rings. The van der Waals surface area contributed by atoms with Gasteiger partial charge in [-0.1, -0.05) is 12.1 Å². The molecule has 0 radical (unpaired) electrons. The molecule has 0 aliphatic carbocycles. The SMILES string of the molecule is C[C@@H](CN)NC(=O)c1csc(Cc2ccc(F)cc2)n1. The van der Waals surface area contributed by atoms with Gasteiger partial charge in [-0.3, -0.25) is 4.79 Å². The molecule has 0 spiro atoms. The fraction of sp³-hybridized carbons (Fsp3) is 0.286. The lowest BCUT2D eigenvalue weighted by molar-refractivity contribution is 0.0937. The molecule has 1 aromatic carbocycles.